The zero-order valence-corrected chi connectivity index (χ0v) is 17.0. The van der Waals surface area contributed by atoms with Crippen molar-refractivity contribution in [2.45, 2.75) is 19.9 Å². The number of imide groups is 1. The van der Waals surface area contributed by atoms with Gasteiger partial charge in [-0.1, -0.05) is 28.1 Å². The highest BCUT2D eigenvalue weighted by molar-refractivity contribution is 9.10. The Morgan fingerprint density at radius 3 is 2.81 bits per heavy atom. The quantitative estimate of drug-likeness (QED) is 0.486. The average Bonchev–Trinajstić information content (AvgIpc) is 3.20. The van der Waals surface area contributed by atoms with Gasteiger partial charge in [-0.05, 0) is 49.9 Å². The molecule has 1 aliphatic heterocycles. The Hall–Kier alpha value is -2.32. The topological polar surface area (TPSA) is 76.8 Å². The molecule has 0 saturated carbocycles. The minimum Gasteiger partial charge on any atom is -0.464 e. The summed E-state index contributed by atoms with van der Waals surface area (Å²) >= 11 is 4.18. The molecule has 0 N–H and O–H groups in total. The van der Waals surface area contributed by atoms with Crippen LogP contribution in [0.1, 0.15) is 19.6 Å². The van der Waals surface area contributed by atoms with Crippen molar-refractivity contribution >= 4 is 50.9 Å². The highest BCUT2D eigenvalue weighted by atomic mass is 79.9. The molecule has 8 heteroatoms. The standard InChI is InChI=1S/C19H16BrNO5S/c1-3-25-18(23)11(2)21-17(22)16(27-19(21)24)10-14-7-8-15(26-14)12-5-4-6-13(20)9-12/h4-11H,3H2,1-2H3/b16-10+/t11-/m0/s1. The number of amides is 2. The van der Waals surface area contributed by atoms with Crippen LogP contribution in [0.5, 0.6) is 0 Å². The van der Waals surface area contributed by atoms with Crippen LogP contribution in [0.4, 0.5) is 4.79 Å². The molecule has 2 amide bonds. The molecule has 6 nitrogen and oxygen atoms in total. The third-order valence-corrected chi connectivity index (χ3v) is 5.22. The molecule has 1 atom stereocenters. The number of hydrogen-bond donors (Lipinski definition) is 0. The first kappa shape index (κ1) is 19.4. The number of nitrogens with zero attached hydrogens (tertiary/aromatic N) is 1. The van der Waals surface area contributed by atoms with Crippen LogP contribution in [0.15, 0.2) is 50.2 Å². The van der Waals surface area contributed by atoms with Gasteiger partial charge in [0.25, 0.3) is 11.1 Å². The van der Waals surface area contributed by atoms with Gasteiger partial charge in [-0.3, -0.25) is 14.5 Å². The van der Waals surface area contributed by atoms with Crippen molar-refractivity contribution in [3.63, 3.8) is 0 Å². The predicted octanol–water partition coefficient (Wildman–Crippen LogP) is 4.70. The summed E-state index contributed by atoms with van der Waals surface area (Å²) in [6, 6.07) is 10.2. The fraction of sp³-hybridized carbons (Fsp3) is 0.211. The summed E-state index contributed by atoms with van der Waals surface area (Å²) in [5.74, 6) is -0.0668. The molecule has 1 aromatic carbocycles. The summed E-state index contributed by atoms with van der Waals surface area (Å²) in [4.78, 5) is 37.7. The van der Waals surface area contributed by atoms with Crippen LogP contribution >= 0.6 is 27.7 Å². The fourth-order valence-corrected chi connectivity index (χ4v) is 3.83. The third kappa shape index (κ3) is 4.17. The lowest BCUT2D eigenvalue weighted by atomic mass is 10.2. The molecular weight excluding hydrogens is 434 g/mol. The number of esters is 1. The molecule has 27 heavy (non-hydrogen) atoms. The van der Waals surface area contributed by atoms with Crippen LogP contribution < -0.4 is 0 Å². The van der Waals surface area contributed by atoms with Gasteiger partial charge in [-0.25, -0.2) is 4.79 Å². The van der Waals surface area contributed by atoms with Crippen LogP contribution in [0.3, 0.4) is 0 Å². The average molecular weight is 450 g/mol. The zero-order chi connectivity index (χ0) is 19.6. The number of hydrogen-bond acceptors (Lipinski definition) is 6. The van der Waals surface area contributed by atoms with Gasteiger partial charge < -0.3 is 9.15 Å². The molecule has 1 aliphatic rings. The third-order valence-electron chi connectivity index (χ3n) is 3.85. The number of benzene rings is 1. The van der Waals surface area contributed by atoms with Crippen molar-refractivity contribution in [1.82, 2.24) is 4.90 Å². The zero-order valence-electron chi connectivity index (χ0n) is 14.6. The van der Waals surface area contributed by atoms with E-state index in [9.17, 15) is 14.4 Å². The fourth-order valence-electron chi connectivity index (χ4n) is 2.54. The van der Waals surface area contributed by atoms with E-state index in [1.165, 1.54) is 13.0 Å². The van der Waals surface area contributed by atoms with E-state index in [1.807, 2.05) is 24.3 Å². The largest absolute Gasteiger partial charge is 0.464 e. The molecule has 0 unspecified atom stereocenters. The van der Waals surface area contributed by atoms with Gasteiger partial charge in [0.2, 0.25) is 0 Å². The monoisotopic (exact) mass is 449 g/mol. The van der Waals surface area contributed by atoms with E-state index >= 15 is 0 Å². The van der Waals surface area contributed by atoms with Crippen molar-refractivity contribution in [2.24, 2.45) is 0 Å². The van der Waals surface area contributed by atoms with Gasteiger partial charge in [0.05, 0.1) is 11.5 Å². The maximum Gasteiger partial charge on any atom is 0.329 e. The van der Waals surface area contributed by atoms with Crippen LogP contribution in [0.2, 0.25) is 0 Å². The number of thioether (sulfide) groups is 1. The first-order valence-electron chi connectivity index (χ1n) is 8.20. The van der Waals surface area contributed by atoms with Crippen molar-refractivity contribution < 1.29 is 23.5 Å². The summed E-state index contributed by atoms with van der Waals surface area (Å²) in [6.07, 6.45) is 1.50. The van der Waals surface area contributed by atoms with Gasteiger partial charge in [0.15, 0.2) is 0 Å². The Morgan fingerprint density at radius 1 is 1.33 bits per heavy atom. The maximum atomic E-state index is 12.6. The second-order valence-corrected chi connectivity index (χ2v) is 7.60. The molecule has 0 aliphatic carbocycles. The highest BCUT2D eigenvalue weighted by Crippen LogP contribution is 2.35. The molecule has 2 heterocycles. The van der Waals surface area contributed by atoms with Gasteiger partial charge in [0.1, 0.15) is 17.6 Å². The molecule has 1 aromatic heterocycles. The molecule has 2 aromatic rings. The molecule has 0 bridgehead atoms. The van der Waals surface area contributed by atoms with E-state index in [1.54, 1.807) is 19.1 Å². The lowest BCUT2D eigenvalue weighted by Gasteiger charge is -2.19. The van der Waals surface area contributed by atoms with Crippen molar-refractivity contribution in [3.8, 4) is 11.3 Å². The number of furan rings is 1. The van der Waals surface area contributed by atoms with E-state index in [0.29, 0.717) is 11.5 Å². The van der Waals surface area contributed by atoms with Crippen LogP contribution in [-0.2, 0) is 14.3 Å². The van der Waals surface area contributed by atoms with E-state index in [2.05, 4.69) is 15.9 Å². The summed E-state index contributed by atoms with van der Waals surface area (Å²) in [7, 11) is 0. The summed E-state index contributed by atoms with van der Waals surface area (Å²) in [6.45, 7) is 3.31. The predicted molar refractivity (Wildman–Crippen MR) is 106 cm³/mol. The Balaban J connectivity index is 1.81. The lowest BCUT2D eigenvalue weighted by Crippen LogP contribution is -2.42. The van der Waals surface area contributed by atoms with E-state index < -0.39 is 23.2 Å². The van der Waals surface area contributed by atoms with Crippen LogP contribution in [0, 0.1) is 0 Å². The number of carbonyl (C=O) groups excluding carboxylic acids is 3. The summed E-state index contributed by atoms with van der Waals surface area (Å²) < 4.78 is 11.6. The smallest absolute Gasteiger partial charge is 0.329 e. The van der Waals surface area contributed by atoms with Crippen LogP contribution in [0.25, 0.3) is 17.4 Å². The Morgan fingerprint density at radius 2 is 2.11 bits per heavy atom. The molecule has 140 valence electrons. The SMILES string of the molecule is CCOC(=O)[C@H](C)N1C(=O)S/C(=C/c2ccc(-c3cccc(Br)c3)o2)C1=O. The number of ether oxygens (including phenoxy) is 1. The van der Waals surface area contributed by atoms with Crippen LogP contribution in [-0.4, -0.2) is 34.7 Å². The number of halogens is 1. The lowest BCUT2D eigenvalue weighted by molar-refractivity contribution is -0.150. The maximum absolute atomic E-state index is 12.6. The van der Waals surface area contributed by atoms with Gasteiger partial charge in [0, 0.05) is 16.1 Å². The first-order chi connectivity index (χ1) is 12.9. The molecule has 1 fully saturated rings. The second-order valence-electron chi connectivity index (χ2n) is 5.69. The first-order valence-corrected chi connectivity index (χ1v) is 9.81. The van der Waals surface area contributed by atoms with E-state index in [-0.39, 0.29) is 11.5 Å². The molecule has 3 rings (SSSR count). The van der Waals surface area contributed by atoms with Gasteiger partial charge in [-0.2, -0.15) is 0 Å². The van der Waals surface area contributed by atoms with E-state index in [4.69, 9.17) is 9.15 Å². The minimum atomic E-state index is -0.975. The second kappa shape index (κ2) is 8.14. The van der Waals surface area contributed by atoms with Crippen molar-refractivity contribution in [3.05, 3.63) is 51.5 Å². The molecule has 0 radical (unpaired) electrons. The van der Waals surface area contributed by atoms with Gasteiger partial charge in [-0.15, -0.1) is 0 Å². The normalized spacial score (nSPS) is 16.9. The molecule has 0 spiro atoms. The number of rotatable bonds is 5. The van der Waals surface area contributed by atoms with Crippen molar-refractivity contribution in [2.75, 3.05) is 6.61 Å². The van der Waals surface area contributed by atoms with Gasteiger partial charge >= 0.3 is 5.97 Å². The number of carbonyl (C=O) groups is 3. The Bertz CT molecular complexity index is 936. The summed E-state index contributed by atoms with van der Waals surface area (Å²) in [5.41, 5.74) is 0.882. The molecular formula is C19H16BrNO5S. The van der Waals surface area contributed by atoms with E-state index in [0.717, 1.165) is 26.7 Å². The minimum absolute atomic E-state index is 0.181. The highest BCUT2D eigenvalue weighted by Gasteiger charge is 2.41. The Kier molecular flexibility index (Phi) is 5.86. The summed E-state index contributed by atoms with van der Waals surface area (Å²) in [5, 5.41) is -0.509. The molecule has 1 saturated heterocycles. The Labute approximate surface area is 168 Å². The van der Waals surface area contributed by atoms with Crippen molar-refractivity contribution in [1.29, 1.82) is 0 Å².